The van der Waals surface area contributed by atoms with Gasteiger partial charge in [-0.3, -0.25) is 9.59 Å². The molecule has 0 bridgehead atoms. The quantitative estimate of drug-likeness (QED) is 0.473. The molecular formula is C19H28N4O5S3. The van der Waals surface area contributed by atoms with E-state index in [9.17, 15) is 18.0 Å². The number of aromatic nitrogens is 2. The van der Waals surface area contributed by atoms with Gasteiger partial charge in [-0.15, -0.1) is 0 Å². The zero-order chi connectivity index (χ0) is 22.6. The number of amides is 1. The van der Waals surface area contributed by atoms with Gasteiger partial charge in [-0.2, -0.15) is 5.10 Å². The molecule has 0 aromatic carbocycles. The molecule has 1 aromatic heterocycles. The minimum Gasteiger partial charge on any atom is -0.455 e. The first kappa shape index (κ1) is 24.0. The number of anilines is 1. The van der Waals surface area contributed by atoms with E-state index < -0.39 is 28.3 Å². The number of thiocarbonyl (C=S) groups is 1. The van der Waals surface area contributed by atoms with Gasteiger partial charge in [-0.05, 0) is 32.1 Å². The van der Waals surface area contributed by atoms with Gasteiger partial charge in [0.25, 0.3) is 5.91 Å². The molecule has 172 valence electrons. The van der Waals surface area contributed by atoms with Crippen molar-refractivity contribution < 1.29 is 22.7 Å². The van der Waals surface area contributed by atoms with E-state index in [0.717, 1.165) is 25.9 Å². The van der Waals surface area contributed by atoms with Crippen LogP contribution in [0.3, 0.4) is 0 Å². The van der Waals surface area contributed by atoms with E-state index in [2.05, 4.69) is 22.2 Å². The molecule has 1 atom stereocenters. The minimum atomic E-state index is -3.08. The van der Waals surface area contributed by atoms with Gasteiger partial charge in [0.15, 0.2) is 16.4 Å². The molecule has 0 aliphatic carbocycles. The summed E-state index contributed by atoms with van der Waals surface area (Å²) in [6.07, 6.45) is 2.64. The second kappa shape index (κ2) is 10.3. The number of sulfone groups is 1. The summed E-state index contributed by atoms with van der Waals surface area (Å²) in [5.74, 6) is 0.236. The summed E-state index contributed by atoms with van der Waals surface area (Å²) < 4.78 is 30.8. The molecule has 2 fully saturated rings. The first-order chi connectivity index (χ1) is 14.6. The van der Waals surface area contributed by atoms with Crippen LogP contribution in [0.5, 0.6) is 0 Å². The summed E-state index contributed by atoms with van der Waals surface area (Å²) in [6.45, 7) is 5.36. The van der Waals surface area contributed by atoms with Crippen molar-refractivity contribution in [3.8, 4) is 0 Å². The van der Waals surface area contributed by atoms with E-state index in [0.29, 0.717) is 28.2 Å². The van der Waals surface area contributed by atoms with Gasteiger partial charge in [-0.25, -0.2) is 13.1 Å². The molecule has 1 aromatic rings. The van der Waals surface area contributed by atoms with Crippen LogP contribution < -0.4 is 5.32 Å². The summed E-state index contributed by atoms with van der Waals surface area (Å²) in [4.78, 5) is 26.4. The van der Waals surface area contributed by atoms with E-state index in [-0.39, 0.29) is 23.3 Å². The number of piperidine rings is 1. The number of esters is 1. The van der Waals surface area contributed by atoms with E-state index in [1.165, 1.54) is 16.4 Å². The van der Waals surface area contributed by atoms with Crippen molar-refractivity contribution in [2.24, 2.45) is 5.92 Å². The largest absolute Gasteiger partial charge is 0.455 e. The molecule has 1 N–H and O–H groups in total. The third-order valence-corrected chi connectivity index (χ3v) is 8.65. The number of ether oxygens (including phenoxy) is 1. The van der Waals surface area contributed by atoms with Crippen molar-refractivity contribution in [2.75, 3.05) is 42.3 Å². The van der Waals surface area contributed by atoms with Gasteiger partial charge in [-0.1, -0.05) is 30.9 Å². The Labute approximate surface area is 192 Å². The predicted octanol–water partition coefficient (Wildman–Crippen LogP) is 1.78. The van der Waals surface area contributed by atoms with E-state index >= 15 is 0 Å². The Balaban J connectivity index is 1.43. The number of nitrogens with zero attached hydrogens (tertiary/aromatic N) is 3. The highest BCUT2D eigenvalue weighted by atomic mass is 32.2. The number of nitrogens with one attached hydrogen (secondary N) is 1. The maximum absolute atomic E-state index is 12.2. The van der Waals surface area contributed by atoms with Crippen molar-refractivity contribution in [3.05, 3.63) is 11.8 Å². The Morgan fingerprint density at radius 3 is 2.68 bits per heavy atom. The summed E-state index contributed by atoms with van der Waals surface area (Å²) in [6, 6.07) is 1.35. The summed E-state index contributed by atoms with van der Waals surface area (Å²) in [5, 5.41) is 6.97. The normalized spacial score (nSPS) is 21.1. The van der Waals surface area contributed by atoms with E-state index in [1.807, 2.05) is 0 Å². The third kappa shape index (κ3) is 6.91. The lowest BCUT2D eigenvalue weighted by Gasteiger charge is -2.31. The predicted molar refractivity (Wildman–Crippen MR) is 124 cm³/mol. The third-order valence-electron chi connectivity index (χ3n) is 5.40. The highest BCUT2D eigenvalue weighted by molar-refractivity contribution is 8.23. The van der Waals surface area contributed by atoms with Crippen molar-refractivity contribution in [2.45, 2.75) is 39.2 Å². The summed E-state index contributed by atoms with van der Waals surface area (Å²) in [7, 11) is -3.08. The molecule has 2 aliphatic rings. The Bertz CT molecular complexity index is 938. The molecule has 31 heavy (non-hydrogen) atoms. The topological polar surface area (TPSA) is 111 Å². The zero-order valence-corrected chi connectivity index (χ0v) is 20.2. The smallest absolute Gasteiger partial charge is 0.316 e. The molecule has 3 rings (SSSR count). The number of likely N-dealkylation sites (tertiary alicyclic amines) is 1. The number of hydrogen-bond acceptors (Lipinski definition) is 8. The monoisotopic (exact) mass is 488 g/mol. The molecule has 0 radical (unpaired) electrons. The number of hydrogen-bond donors (Lipinski definition) is 1. The summed E-state index contributed by atoms with van der Waals surface area (Å²) in [5.41, 5.74) is 0.661. The zero-order valence-electron chi connectivity index (χ0n) is 17.7. The van der Waals surface area contributed by atoms with Crippen LogP contribution >= 0.6 is 24.0 Å². The van der Waals surface area contributed by atoms with Gasteiger partial charge in [0, 0.05) is 19.2 Å². The lowest BCUT2D eigenvalue weighted by atomic mass is 10.00. The fourth-order valence-electron chi connectivity index (χ4n) is 3.63. The Morgan fingerprint density at radius 1 is 1.32 bits per heavy atom. The Morgan fingerprint density at radius 2 is 2.03 bits per heavy atom. The molecule has 1 unspecified atom stereocenters. The van der Waals surface area contributed by atoms with Crippen LogP contribution in [0, 0.1) is 12.8 Å². The van der Waals surface area contributed by atoms with E-state index in [4.69, 9.17) is 17.0 Å². The first-order valence-corrected chi connectivity index (χ1v) is 13.5. The van der Waals surface area contributed by atoms with Gasteiger partial charge in [0.1, 0.15) is 10.1 Å². The second-order valence-electron chi connectivity index (χ2n) is 8.11. The molecule has 2 aliphatic heterocycles. The van der Waals surface area contributed by atoms with Crippen molar-refractivity contribution >= 4 is 55.8 Å². The highest BCUT2D eigenvalue weighted by Crippen LogP contribution is 2.27. The molecule has 12 heteroatoms. The molecule has 2 saturated heterocycles. The molecule has 0 spiro atoms. The molecular weight excluding hydrogens is 460 g/mol. The van der Waals surface area contributed by atoms with Crippen molar-refractivity contribution in [1.29, 1.82) is 0 Å². The molecule has 9 nitrogen and oxygen atoms in total. The average Bonchev–Trinajstić information content (AvgIpc) is 3.26. The number of thioether (sulfide) groups is 1. The van der Waals surface area contributed by atoms with Crippen molar-refractivity contribution in [3.63, 3.8) is 0 Å². The van der Waals surface area contributed by atoms with Gasteiger partial charge in [0.05, 0.1) is 29.0 Å². The Kier molecular flexibility index (Phi) is 7.98. The van der Waals surface area contributed by atoms with Crippen LogP contribution in [0.2, 0.25) is 0 Å². The van der Waals surface area contributed by atoms with Crippen LogP contribution in [0.15, 0.2) is 6.07 Å². The number of carbonyl (C=O) groups excluding carboxylic acids is 2. The number of rotatable bonds is 6. The summed E-state index contributed by atoms with van der Waals surface area (Å²) >= 11 is 6.64. The molecule has 1 amide bonds. The van der Waals surface area contributed by atoms with Gasteiger partial charge < -0.3 is 15.0 Å². The lowest BCUT2D eigenvalue weighted by molar-refractivity contribution is -0.144. The number of aryl methyl sites for hydroxylation is 1. The van der Waals surface area contributed by atoms with Crippen LogP contribution in [-0.2, 0) is 24.2 Å². The standard InChI is InChI=1S/C19H28N4O5S3/c1-13-3-6-22(7-4-13)19(29)30-11-18(25)28-10-17(24)20-16-9-14(2)21-23(16)15-5-8-31(26,27)12-15/h9,13,15H,3-8,10-12H2,1-2H3,(H,20,24). The SMILES string of the molecule is Cc1cc(NC(=O)COC(=O)CSC(=S)N2CCC(C)CC2)n(C2CCS(=O)(=O)C2)n1. The number of carbonyl (C=O) groups is 2. The molecule has 3 heterocycles. The van der Waals surface area contributed by atoms with E-state index in [1.54, 1.807) is 13.0 Å². The average molecular weight is 489 g/mol. The fourth-order valence-corrected chi connectivity index (χ4v) is 6.37. The molecule has 0 saturated carbocycles. The lowest BCUT2D eigenvalue weighted by Crippen LogP contribution is -2.36. The van der Waals surface area contributed by atoms with Crippen LogP contribution in [0.25, 0.3) is 0 Å². The van der Waals surface area contributed by atoms with Gasteiger partial charge >= 0.3 is 5.97 Å². The Hall–Kier alpha value is -1.66. The maximum Gasteiger partial charge on any atom is 0.316 e. The van der Waals surface area contributed by atoms with Gasteiger partial charge in [0.2, 0.25) is 0 Å². The second-order valence-corrected chi connectivity index (χ2v) is 11.9. The van der Waals surface area contributed by atoms with Crippen LogP contribution in [0.4, 0.5) is 5.82 Å². The van der Waals surface area contributed by atoms with Crippen molar-refractivity contribution in [1.82, 2.24) is 14.7 Å². The maximum atomic E-state index is 12.2. The van der Waals surface area contributed by atoms with Crippen LogP contribution in [0.1, 0.15) is 37.9 Å². The fraction of sp³-hybridized carbons (Fsp3) is 0.684. The van der Waals surface area contributed by atoms with Crippen LogP contribution in [-0.4, -0.2) is 76.3 Å². The minimum absolute atomic E-state index is 0.000953. The first-order valence-electron chi connectivity index (χ1n) is 10.3. The highest BCUT2D eigenvalue weighted by Gasteiger charge is 2.31.